The number of rotatable bonds is 2. The smallest absolute Gasteiger partial charge is 0.315 e. The van der Waals surface area contributed by atoms with Gasteiger partial charge in [-0.05, 0) is 39.3 Å². The molecule has 0 unspecified atom stereocenters. The molecule has 1 saturated carbocycles. The van der Waals surface area contributed by atoms with Crippen molar-refractivity contribution in [1.29, 1.82) is 0 Å². The molecule has 4 heteroatoms. The molecule has 0 bridgehead atoms. The number of ether oxygens (including phenoxy) is 1. The van der Waals surface area contributed by atoms with Crippen LogP contribution in [0.15, 0.2) is 22.3 Å². The van der Waals surface area contributed by atoms with Gasteiger partial charge in [0.1, 0.15) is 6.10 Å². The van der Waals surface area contributed by atoms with Crippen LogP contribution in [0, 0.1) is 0 Å². The van der Waals surface area contributed by atoms with Crippen molar-refractivity contribution in [3.05, 3.63) is 12.3 Å². The highest BCUT2D eigenvalue weighted by Gasteiger charge is 2.21. The second-order valence-electron chi connectivity index (χ2n) is 3.60. The first-order valence-electron chi connectivity index (χ1n) is 5.26. The number of aliphatic hydroxyl groups is 1. The van der Waals surface area contributed by atoms with Crippen molar-refractivity contribution in [3.63, 3.8) is 0 Å². The lowest BCUT2D eigenvalue weighted by atomic mass is 9.95. The average molecular weight is 210 g/mol. The Morgan fingerprint density at radius 3 is 2.60 bits per heavy atom. The maximum absolute atomic E-state index is 9.33. The minimum atomic E-state index is -0.169. The van der Waals surface area contributed by atoms with Crippen molar-refractivity contribution in [1.82, 2.24) is 0 Å². The lowest BCUT2D eigenvalue weighted by Gasteiger charge is -2.25. The maximum Gasteiger partial charge on any atom is 0.315 e. The highest BCUT2D eigenvalue weighted by Crippen LogP contribution is 2.21. The normalized spacial score (nSPS) is 28.0. The minimum absolute atomic E-state index is 0.114. The molecule has 1 aliphatic rings. The van der Waals surface area contributed by atoms with Gasteiger partial charge in [-0.15, -0.1) is 0 Å². The molecule has 1 fully saturated rings. The number of aliphatic hydroxyl groups excluding tert-OH is 1. The fraction of sp³-hybridized carbons (Fsp3) is 0.636. The van der Waals surface area contributed by atoms with Gasteiger partial charge in [0, 0.05) is 6.20 Å². The summed E-state index contributed by atoms with van der Waals surface area (Å²) >= 11 is 0. The van der Waals surface area contributed by atoms with Gasteiger partial charge in [0.25, 0.3) is 0 Å². The first-order valence-corrected chi connectivity index (χ1v) is 5.26. The third-order valence-corrected chi connectivity index (χ3v) is 2.39. The molecule has 84 valence electrons. The second-order valence-corrected chi connectivity index (χ2v) is 3.60. The SMILES string of the molecule is C=N/C(=N\C=C/C)O[C@H]1CC[C@H](O)CC1. The van der Waals surface area contributed by atoms with Crippen LogP contribution in [0.5, 0.6) is 0 Å². The van der Waals surface area contributed by atoms with E-state index in [-0.39, 0.29) is 12.2 Å². The van der Waals surface area contributed by atoms with Crippen molar-refractivity contribution < 1.29 is 9.84 Å². The average Bonchev–Trinajstić information content (AvgIpc) is 2.27. The van der Waals surface area contributed by atoms with Crippen molar-refractivity contribution in [2.24, 2.45) is 9.98 Å². The van der Waals surface area contributed by atoms with Crippen LogP contribution in [0.25, 0.3) is 0 Å². The minimum Gasteiger partial charge on any atom is -0.460 e. The number of aliphatic imine (C=N–C) groups is 2. The molecule has 0 aromatic heterocycles. The van der Waals surface area contributed by atoms with E-state index in [0.717, 1.165) is 25.7 Å². The van der Waals surface area contributed by atoms with Crippen LogP contribution < -0.4 is 0 Å². The zero-order chi connectivity index (χ0) is 11.1. The zero-order valence-electron chi connectivity index (χ0n) is 9.09. The summed E-state index contributed by atoms with van der Waals surface area (Å²) in [7, 11) is 0. The Hall–Kier alpha value is -1.16. The summed E-state index contributed by atoms with van der Waals surface area (Å²) in [4.78, 5) is 7.70. The first kappa shape index (κ1) is 11.9. The van der Waals surface area contributed by atoms with Gasteiger partial charge in [0.05, 0.1) is 6.10 Å². The van der Waals surface area contributed by atoms with E-state index < -0.39 is 0 Å². The van der Waals surface area contributed by atoms with E-state index in [1.165, 1.54) is 0 Å². The van der Waals surface area contributed by atoms with Gasteiger partial charge >= 0.3 is 6.02 Å². The fourth-order valence-electron chi connectivity index (χ4n) is 1.56. The molecule has 1 rings (SSSR count). The Balaban J connectivity index is 2.42. The highest BCUT2D eigenvalue weighted by atomic mass is 16.5. The largest absolute Gasteiger partial charge is 0.460 e. The van der Waals surface area contributed by atoms with Crippen LogP contribution in [0.1, 0.15) is 32.6 Å². The topological polar surface area (TPSA) is 54.2 Å². The maximum atomic E-state index is 9.33. The molecule has 0 radical (unpaired) electrons. The molecule has 0 aliphatic heterocycles. The molecule has 0 saturated heterocycles. The molecule has 0 aromatic carbocycles. The summed E-state index contributed by atoms with van der Waals surface area (Å²) in [5.74, 6) is 0. The van der Waals surface area contributed by atoms with Gasteiger partial charge in [-0.1, -0.05) is 6.08 Å². The van der Waals surface area contributed by atoms with Gasteiger partial charge in [0.2, 0.25) is 0 Å². The number of hydrogen-bond acceptors (Lipinski definition) is 3. The number of hydrogen-bond donors (Lipinski definition) is 1. The molecule has 1 aliphatic carbocycles. The highest BCUT2D eigenvalue weighted by molar-refractivity contribution is 5.79. The molecule has 0 amide bonds. The molecule has 4 nitrogen and oxygen atoms in total. The summed E-state index contributed by atoms with van der Waals surface area (Å²) < 4.78 is 5.55. The predicted molar refractivity (Wildman–Crippen MR) is 61.1 cm³/mol. The third-order valence-electron chi connectivity index (χ3n) is 2.39. The summed E-state index contributed by atoms with van der Waals surface area (Å²) in [5, 5.41) is 9.33. The zero-order valence-corrected chi connectivity index (χ0v) is 9.09. The van der Waals surface area contributed by atoms with Gasteiger partial charge in [-0.25, -0.2) is 9.98 Å². The lowest BCUT2D eigenvalue weighted by molar-refractivity contribution is 0.0601. The van der Waals surface area contributed by atoms with E-state index in [1.54, 1.807) is 12.3 Å². The third kappa shape index (κ3) is 4.25. The molecule has 0 heterocycles. The number of amidine groups is 1. The lowest BCUT2D eigenvalue weighted by Crippen LogP contribution is -2.26. The van der Waals surface area contributed by atoms with Crippen molar-refractivity contribution in [2.75, 3.05) is 0 Å². The van der Waals surface area contributed by atoms with E-state index in [4.69, 9.17) is 4.74 Å². The van der Waals surface area contributed by atoms with Crippen LogP contribution >= 0.6 is 0 Å². The van der Waals surface area contributed by atoms with Crippen LogP contribution in [-0.2, 0) is 4.74 Å². The quantitative estimate of drug-likeness (QED) is 0.559. The van der Waals surface area contributed by atoms with Crippen molar-refractivity contribution in [3.8, 4) is 0 Å². The Morgan fingerprint density at radius 1 is 1.40 bits per heavy atom. The van der Waals surface area contributed by atoms with Gasteiger partial charge < -0.3 is 9.84 Å². The number of nitrogens with zero attached hydrogens (tertiary/aromatic N) is 2. The van der Waals surface area contributed by atoms with Crippen LogP contribution in [-0.4, -0.2) is 30.1 Å². The molecule has 15 heavy (non-hydrogen) atoms. The fourth-order valence-corrected chi connectivity index (χ4v) is 1.56. The van der Waals surface area contributed by atoms with E-state index in [2.05, 4.69) is 16.7 Å². The van der Waals surface area contributed by atoms with Gasteiger partial charge in [-0.3, -0.25) is 0 Å². The molecule has 1 N–H and O–H groups in total. The molecule has 0 spiro atoms. The summed E-state index contributed by atoms with van der Waals surface area (Å²) in [6.45, 7) is 5.28. The summed E-state index contributed by atoms with van der Waals surface area (Å²) in [5.41, 5.74) is 0. The monoisotopic (exact) mass is 210 g/mol. The Morgan fingerprint density at radius 2 is 2.07 bits per heavy atom. The van der Waals surface area contributed by atoms with E-state index in [1.807, 2.05) is 6.92 Å². The van der Waals surface area contributed by atoms with Gasteiger partial charge in [-0.2, -0.15) is 0 Å². The van der Waals surface area contributed by atoms with E-state index in [9.17, 15) is 5.11 Å². The predicted octanol–water partition coefficient (Wildman–Crippen LogP) is 1.90. The van der Waals surface area contributed by atoms with Crippen LogP contribution in [0.3, 0.4) is 0 Å². The Labute approximate surface area is 90.4 Å². The summed E-state index contributed by atoms with van der Waals surface area (Å²) in [6.07, 6.45) is 6.66. The van der Waals surface area contributed by atoms with Crippen molar-refractivity contribution >= 4 is 12.7 Å². The Kier molecular flexibility index (Phi) is 5.04. The molecular weight excluding hydrogens is 192 g/mol. The Bertz CT molecular complexity index is 253. The standard InChI is InChI=1S/C11H18N2O2/c1-3-8-13-11(12-2)15-10-6-4-9(14)5-7-10/h3,8-10,14H,2,4-7H2,1H3/b8-3-,13-11+/t9-,10-. The van der Waals surface area contributed by atoms with Crippen LogP contribution in [0.2, 0.25) is 0 Å². The molecule has 0 aromatic rings. The van der Waals surface area contributed by atoms with E-state index in [0.29, 0.717) is 6.02 Å². The number of allylic oxidation sites excluding steroid dienone is 1. The molecular formula is C11H18N2O2. The van der Waals surface area contributed by atoms with E-state index >= 15 is 0 Å². The van der Waals surface area contributed by atoms with Crippen LogP contribution in [0.4, 0.5) is 0 Å². The summed E-state index contributed by atoms with van der Waals surface area (Å²) in [6, 6.07) is 0.314. The van der Waals surface area contributed by atoms with Gasteiger partial charge in [0.15, 0.2) is 0 Å². The molecule has 0 atom stereocenters. The second kappa shape index (κ2) is 6.35. The van der Waals surface area contributed by atoms with Crippen molar-refractivity contribution in [2.45, 2.75) is 44.8 Å². The first-order chi connectivity index (χ1) is 7.26.